The van der Waals surface area contributed by atoms with E-state index >= 15 is 0 Å². The molecule has 0 saturated carbocycles. The van der Waals surface area contributed by atoms with Crippen LogP contribution in [0.5, 0.6) is 0 Å². The summed E-state index contributed by atoms with van der Waals surface area (Å²) < 4.78 is 4.78. The molecular formula is C21H18N4O3S2. The van der Waals surface area contributed by atoms with E-state index in [1.807, 2.05) is 5.38 Å². The smallest absolute Gasteiger partial charge is 0.338 e. The Bertz CT molecular complexity index is 1300. The van der Waals surface area contributed by atoms with E-state index in [1.165, 1.54) is 30.5 Å². The molecule has 0 aliphatic heterocycles. The maximum Gasteiger partial charge on any atom is 0.338 e. The van der Waals surface area contributed by atoms with Crippen molar-refractivity contribution in [3.05, 3.63) is 68.6 Å². The number of H-pyrrole nitrogens is 1. The first-order chi connectivity index (χ1) is 14.4. The van der Waals surface area contributed by atoms with Gasteiger partial charge in [-0.15, -0.1) is 11.3 Å². The number of fused-ring (bicyclic) bond motifs is 1. The molecule has 0 atom stereocenters. The Balaban J connectivity index is 1.58. The molecule has 0 radical (unpaired) electrons. The Kier molecular flexibility index (Phi) is 5.65. The highest BCUT2D eigenvalue weighted by atomic mass is 32.2. The molecule has 0 fully saturated rings. The minimum Gasteiger partial charge on any atom is -0.465 e. The van der Waals surface area contributed by atoms with Gasteiger partial charge in [0.25, 0.3) is 5.56 Å². The number of nitrogens with zero attached hydrogens (tertiary/aromatic N) is 3. The number of thiazole rings is 1. The molecule has 4 aromatic rings. The van der Waals surface area contributed by atoms with Crippen molar-refractivity contribution in [1.82, 2.24) is 19.9 Å². The summed E-state index contributed by atoms with van der Waals surface area (Å²) in [7, 11) is 1.27. The number of rotatable bonds is 5. The van der Waals surface area contributed by atoms with Crippen molar-refractivity contribution < 1.29 is 9.53 Å². The Morgan fingerprint density at radius 3 is 2.67 bits per heavy atom. The molecule has 4 rings (SSSR count). The number of carbonyl (C=O) groups is 1. The number of pyridine rings is 1. The molecule has 3 aromatic heterocycles. The number of nitrogens with one attached hydrogen (secondary N) is 1. The average Bonchev–Trinajstić information content (AvgIpc) is 3.20. The number of methoxy groups -OCH3 is 1. The van der Waals surface area contributed by atoms with E-state index in [2.05, 4.69) is 51.1 Å². The summed E-state index contributed by atoms with van der Waals surface area (Å²) in [6.07, 6.45) is 0. The van der Waals surface area contributed by atoms with Crippen LogP contribution in [0.1, 0.15) is 27.3 Å². The number of esters is 1. The summed E-state index contributed by atoms with van der Waals surface area (Å²) in [5.41, 5.74) is 3.72. The van der Waals surface area contributed by atoms with E-state index in [4.69, 9.17) is 4.74 Å². The zero-order chi connectivity index (χ0) is 21.3. The van der Waals surface area contributed by atoms with Crippen molar-refractivity contribution in [1.29, 1.82) is 0 Å². The van der Waals surface area contributed by atoms with Crippen LogP contribution in [-0.2, 0) is 10.5 Å². The lowest BCUT2D eigenvalue weighted by Gasteiger charge is -2.06. The fraction of sp³-hybridized carbons (Fsp3) is 0.190. The highest BCUT2D eigenvalue weighted by molar-refractivity contribution is 7.98. The summed E-state index contributed by atoms with van der Waals surface area (Å²) >= 11 is 2.94. The molecule has 9 heteroatoms. The maximum atomic E-state index is 12.6. The van der Waals surface area contributed by atoms with Gasteiger partial charge in [-0.2, -0.15) is 0 Å². The third-order valence-electron chi connectivity index (χ3n) is 4.40. The van der Waals surface area contributed by atoms with Crippen molar-refractivity contribution in [3.63, 3.8) is 0 Å². The summed E-state index contributed by atoms with van der Waals surface area (Å²) in [5, 5.41) is 3.50. The highest BCUT2D eigenvalue weighted by Gasteiger charge is 2.17. The van der Waals surface area contributed by atoms with E-state index in [-0.39, 0.29) is 16.6 Å². The summed E-state index contributed by atoms with van der Waals surface area (Å²) in [4.78, 5) is 40.8. The second-order valence-electron chi connectivity index (χ2n) is 6.67. The fourth-order valence-electron chi connectivity index (χ4n) is 2.93. The van der Waals surface area contributed by atoms with Crippen LogP contribution in [-0.4, -0.2) is 33.0 Å². The van der Waals surface area contributed by atoms with Crippen LogP contribution in [0.3, 0.4) is 0 Å². The Labute approximate surface area is 180 Å². The summed E-state index contributed by atoms with van der Waals surface area (Å²) in [6.45, 7) is 3.79. The molecule has 0 saturated heterocycles. The lowest BCUT2D eigenvalue weighted by molar-refractivity contribution is 0.0602. The van der Waals surface area contributed by atoms with Gasteiger partial charge in [-0.05, 0) is 19.9 Å². The normalized spacial score (nSPS) is 11.0. The largest absolute Gasteiger partial charge is 0.465 e. The van der Waals surface area contributed by atoms with Crippen LogP contribution in [0.25, 0.3) is 21.6 Å². The van der Waals surface area contributed by atoms with Crippen molar-refractivity contribution in [2.75, 3.05) is 7.11 Å². The zero-order valence-electron chi connectivity index (χ0n) is 16.6. The number of hydrogen-bond acceptors (Lipinski definition) is 8. The van der Waals surface area contributed by atoms with Gasteiger partial charge in [0.05, 0.1) is 23.8 Å². The number of benzene rings is 1. The van der Waals surface area contributed by atoms with Crippen molar-refractivity contribution in [2.45, 2.75) is 24.8 Å². The SMILES string of the molecule is COC(=O)c1cc(C)nc2nc(SCc3csc(-c4ccc(C)cc4)n3)[nH]c(=O)c12. The van der Waals surface area contributed by atoms with Crippen molar-refractivity contribution in [3.8, 4) is 10.6 Å². The van der Waals surface area contributed by atoms with Crippen molar-refractivity contribution >= 4 is 40.1 Å². The van der Waals surface area contributed by atoms with Gasteiger partial charge < -0.3 is 9.72 Å². The average molecular weight is 439 g/mol. The number of aryl methyl sites for hydroxylation is 2. The topological polar surface area (TPSA) is 97.8 Å². The first-order valence-corrected chi connectivity index (χ1v) is 11.0. The monoisotopic (exact) mass is 438 g/mol. The van der Waals surface area contributed by atoms with Gasteiger partial charge in [0, 0.05) is 22.4 Å². The van der Waals surface area contributed by atoms with Gasteiger partial charge >= 0.3 is 5.97 Å². The molecule has 0 aliphatic carbocycles. The molecule has 30 heavy (non-hydrogen) atoms. The summed E-state index contributed by atoms with van der Waals surface area (Å²) in [6, 6.07) is 9.76. The Hall–Kier alpha value is -3.04. The molecule has 1 N–H and O–H groups in total. The van der Waals surface area contributed by atoms with Gasteiger partial charge in [0.15, 0.2) is 10.8 Å². The first-order valence-electron chi connectivity index (χ1n) is 9.09. The molecule has 0 spiro atoms. The van der Waals surface area contributed by atoms with E-state index in [0.717, 1.165) is 16.3 Å². The zero-order valence-corrected chi connectivity index (χ0v) is 18.2. The van der Waals surface area contributed by atoms with Gasteiger partial charge in [-0.1, -0.05) is 41.6 Å². The van der Waals surface area contributed by atoms with Gasteiger partial charge in [0.2, 0.25) is 0 Å². The first kappa shape index (κ1) is 20.2. The van der Waals surface area contributed by atoms with Crippen LogP contribution in [0.4, 0.5) is 0 Å². The molecule has 0 unspecified atom stereocenters. The van der Waals surface area contributed by atoms with Crippen LogP contribution >= 0.6 is 23.1 Å². The van der Waals surface area contributed by atoms with Crippen molar-refractivity contribution in [2.24, 2.45) is 0 Å². The molecule has 7 nitrogen and oxygen atoms in total. The number of carbonyl (C=O) groups excluding carboxylic acids is 1. The van der Waals surface area contributed by atoms with Crippen LogP contribution in [0.2, 0.25) is 0 Å². The van der Waals surface area contributed by atoms with Crippen LogP contribution in [0, 0.1) is 13.8 Å². The number of hydrogen-bond donors (Lipinski definition) is 1. The Morgan fingerprint density at radius 1 is 1.17 bits per heavy atom. The lowest BCUT2D eigenvalue weighted by Crippen LogP contribution is -2.16. The quantitative estimate of drug-likeness (QED) is 0.284. The van der Waals surface area contributed by atoms with Gasteiger partial charge in [-0.3, -0.25) is 4.79 Å². The third-order valence-corrected chi connectivity index (χ3v) is 6.24. The van der Waals surface area contributed by atoms with Crippen LogP contribution < -0.4 is 5.56 Å². The van der Waals surface area contributed by atoms with E-state index in [1.54, 1.807) is 18.3 Å². The van der Waals surface area contributed by atoms with Gasteiger partial charge in [0.1, 0.15) is 5.01 Å². The molecule has 0 amide bonds. The molecule has 0 aliphatic rings. The highest BCUT2D eigenvalue weighted by Crippen LogP contribution is 2.27. The van der Waals surface area contributed by atoms with E-state index < -0.39 is 11.5 Å². The molecule has 3 heterocycles. The second kappa shape index (κ2) is 8.37. The summed E-state index contributed by atoms with van der Waals surface area (Å²) in [5.74, 6) is -0.0451. The van der Waals surface area contributed by atoms with E-state index in [0.29, 0.717) is 16.6 Å². The predicted octanol–water partition coefficient (Wildman–Crippen LogP) is 4.14. The fourth-order valence-corrected chi connectivity index (χ4v) is 4.61. The number of thioether (sulfide) groups is 1. The molecular weight excluding hydrogens is 420 g/mol. The second-order valence-corrected chi connectivity index (χ2v) is 8.49. The standard InChI is InChI=1S/C21H18N4O3S2/c1-11-4-6-13(7-5-11)19-23-14(9-29-19)10-30-21-24-17-16(18(26)25-21)15(20(27)28-3)8-12(2)22-17/h4-9H,10H2,1-3H3,(H,22,24,25,26). The van der Waals surface area contributed by atoms with E-state index in [9.17, 15) is 9.59 Å². The number of ether oxygens (including phenoxy) is 1. The molecule has 0 bridgehead atoms. The minimum absolute atomic E-state index is 0.132. The molecule has 152 valence electrons. The lowest BCUT2D eigenvalue weighted by atomic mass is 10.1. The number of aromatic nitrogens is 4. The third kappa shape index (κ3) is 4.12. The predicted molar refractivity (Wildman–Crippen MR) is 118 cm³/mol. The van der Waals surface area contributed by atoms with Crippen LogP contribution in [0.15, 0.2) is 45.7 Å². The minimum atomic E-state index is -0.593. The number of aromatic amines is 1. The Morgan fingerprint density at radius 2 is 1.93 bits per heavy atom. The maximum absolute atomic E-state index is 12.6. The molecule has 1 aromatic carbocycles. The van der Waals surface area contributed by atoms with Gasteiger partial charge in [-0.25, -0.2) is 19.7 Å².